The molecule has 0 saturated carbocycles. The third kappa shape index (κ3) is 1.61. The van der Waals surface area contributed by atoms with Crippen LogP contribution in [0.25, 0.3) is 0 Å². The van der Waals surface area contributed by atoms with Crippen molar-refractivity contribution in [2.75, 3.05) is 6.54 Å². The minimum atomic E-state index is -0.785. The van der Waals surface area contributed by atoms with Crippen LogP contribution >= 0.6 is 0 Å². The highest BCUT2D eigenvalue weighted by Gasteiger charge is 2.36. The highest BCUT2D eigenvalue weighted by Crippen LogP contribution is 2.28. The van der Waals surface area contributed by atoms with Gasteiger partial charge in [0.2, 0.25) is 0 Å². The molecule has 1 heterocycles. The van der Waals surface area contributed by atoms with E-state index in [2.05, 4.69) is 0 Å². The van der Waals surface area contributed by atoms with E-state index in [9.17, 15) is 9.18 Å². The molecule has 0 bridgehead atoms. The zero-order valence-corrected chi connectivity index (χ0v) is 8.42. The number of hydrogen-bond donors (Lipinski definition) is 1. The van der Waals surface area contributed by atoms with Gasteiger partial charge in [0.05, 0.1) is 5.56 Å². The zero-order chi connectivity index (χ0) is 11.1. The Bertz CT molecular complexity index is 419. The van der Waals surface area contributed by atoms with Crippen LogP contribution in [0.2, 0.25) is 0 Å². The molecule has 0 aromatic heterocycles. The van der Waals surface area contributed by atoms with Gasteiger partial charge >= 0.3 is 5.97 Å². The fraction of sp³-hybridized carbons (Fsp3) is 0.364. The number of benzene rings is 1. The molecule has 3 nitrogen and oxygen atoms in total. The molecule has 0 radical (unpaired) electrons. The molecule has 0 fully saturated rings. The molecule has 0 aliphatic carbocycles. The molecular formula is C11H12FNO2. The van der Waals surface area contributed by atoms with Crippen LogP contribution < -0.4 is 5.73 Å². The van der Waals surface area contributed by atoms with E-state index in [0.29, 0.717) is 17.5 Å². The molecule has 1 unspecified atom stereocenters. The topological polar surface area (TPSA) is 52.3 Å². The van der Waals surface area contributed by atoms with E-state index in [0.717, 1.165) is 0 Å². The van der Waals surface area contributed by atoms with Crippen molar-refractivity contribution >= 4 is 5.97 Å². The summed E-state index contributed by atoms with van der Waals surface area (Å²) in [6, 6.07) is 4.41. The number of cyclic esters (lactones) is 1. The van der Waals surface area contributed by atoms with E-state index in [1.807, 2.05) is 0 Å². The number of esters is 1. The van der Waals surface area contributed by atoms with Crippen molar-refractivity contribution in [3.05, 3.63) is 35.1 Å². The number of nitrogens with two attached hydrogens (primary N) is 1. The van der Waals surface area contributed by atoms with E-state index in [1.165, 1.54) is 12.1 Å². The molecule has 15 heavy (non-hydrogen) atoms. The second-order valence-electron chi connectivity index (χ2n) is 3.99. The van der Waals surface area contributed by atoms with Crippen molar-refractivity contribution in [2.24, 2.45) is 5.73 Å². The minimum absolute atomic E-state index is 0.187. The van der Waals surface area contributed by atoms with Gasteiger partial charge in [0, 0.05) is 18.5 Å². The number of halogens is 1. The Morgan fingerprint density at radius 1 is 1.60 bits per heavy atom. The summed E-state index contributed by atoms with van der Waals surface area (Å²) in [6.07, 6.45) is 0.331. The predicted molar refractivity (Wildman–Crippen MR) is 53.0 cm³/mol. The number of hydrogen-bond acceptors (Lipinski definition) is 3. The highest BCUT2D eigenvalue weighted by atomic mass is 19.1. The van der Waals surface area contributed by atoms with Crippen LogP contribution in [-0.4, -0.2) is 18.1 Å². The molecule has 1 aliphatic rings. The minimum Gasteiger partial charge on any atom is -0.454 e. The van der Waals surface area contributed by atoms with Crippen molar-refractivity contribution in [1.29, 1.82) is 0 Å². The van der Waals surface area contributed by atoms with Gasteiger partial charge in [-0.3, -0.25) is 0 Å². The van der Waals surface area contributed by atoms with E-state index in [-0.39, 0.29) is 12.4 Å². The lowest BCUT2D eigenvalue weighted by Gasteiger charge is -2.33. The Hall–Kier alpha value is -1.42. The smallest absolute Gasteiger partial charge is 0.339 e. The maximum Gasteiger partial charge on any atom is 0.339 e. The Morgan fingerprint density at radius 3 is 3.00 bits per heavy atom. The Morgan fingerprint density at radius 2 is 2.33 bits per heavy atom. The number of carbonyl (C=O) groups is 1. The summed E-state index contributed by atoms with van der Waals surface area (Å²) in [6.45, 7) is 1.90. The average Bonchev–Trinajstić information content (AvgIpc) is 2.20. The molecule has 0 amide bonds. The Kier molecular flexibility index (Phi) is 2.23. The molecule has 1 aromatic rings. The molecule has 0 spiro atoms. The molecular weight excluding hydrogens is 197 g/mol. The molecule has 4 heteroatoms. The van der Waals surface area contributed by atoms with Crippen LogP contribution in [0.1, 0.15) is 22.8 Å². The summed E-state index contributed by atoms with van der Waals surface area (Å²) in [7, 11) is 0. The summed E-state index contributed by atoms with van der Waals surface area (Å²) in [5.41, 5.74) is 5.43. The van der Waals surface area contributed by atoms with Gasteiger partial charge in [-0.15, -0.1) is 0 Å². The van der Waals surface area contributed by atoms with Gasteiger partial charge in [-0.1, -0.05) is 6.07 Å². The van der Waals surface area contributed by atoms with Gasteiger partial charge in [-0.2, -0.15) is 0 Å². The Balaban J connectivity index is 2.51. The van der Waals surface area contributed by atoms with Crippen LogP contribution in [0.3, 0.4) is 0 Å². The van der Waals surface area contributed by atoms with Crippen molar-refractivity contribution in [2.45, 2.75) is 18.9 Å². The van der Waals surface area contributed by atoms with E-state index in [1.54, 1.807) is 13.0 Å². The highest BCUT2D eigenvalue weighted by molar-refractivity contribution is 5.92. The van der Waals surface area contributed by atoms with Gasteiger partial charge in [0.15, 0.2) is 0 Å². The van der Waals surface area contributed by atoms with Crippen LogP contribution in [-0.2, 0) is 11.2 Å². The molecule has 80 valence electrons. The van der Waals surface area contributed by atoms with E-state index < -0.39 is 11.6 Å². The van der Waals surface area contributed by atoms with Gasteiger partial charge in [-0.05, 0) is 19.1 Å². The summed E-state index contributed by atoms with van der Waals surface area (Å²) in [5, 5.41) is 0. The third-order valence-electron chi connectivity index (χ3n) is 2.66. The lowest BCUT2D eigenvalue weighted by Crippen LogP contribution is -2.45. The average molecular weight is 209 g/mol. The van der Waals surface area contributed by atoms with Gasteiger partial charge in [-0.25, -0.2) is 9.18 Å². The van der Waals surface area contributed by atoms with Crippen molar-refractivity contribution in [1.82, 2.24) is 0 Å². The maximum atomic E-state index is 13.5. The molecule has 1 aromatic carbocycles. The van der Waals surface area contributed by atoms with Crippen LogP contribution in [0.4, 0.5) is 4.39 Å². The lowest BCUT2D eigenvalue weighted by molar-refractivity contribution is -0.0116. The zero-order valence-electron chi connectivity index (χ0n) is 8.42. The molecule has 1 aliphatic heterocycles. The standard InChI is InChI=1S/C11H12FNO2/c1-11(6-13)5-8-7(10(14)15-11)3-2-4-9(8)12/h2-4H,5-6,13H2,1H3. The second-order valence-corrected chi connectivity index (χ2v) is 3.99. The first-order valence-corrected chi connectivity index (χ1v) is 4.76. The van der Waals surface area contributed by atoms with Crippen LogP contribution in [0.15, 0.2) is 18.2 Å². The first-order valence-electron chi connectivity index (χ1n) is 4.76. The lowest BCUT2D eigenvalue weighted by atomic mass is 9.90. The number of ether oxygens (including phenoxy) is 1. The van der Waals surface area contributed by atoms with Crippen molar-refractivity contribution in [3.8, 4) is 0 Å². The SMILES string of the molecule is CC1(CN)Cc2c(F)cccc2C(=O)O1. The van der Waals surface area contributed by atoms with E-state index >= 15 is 0 Å². The van der Waals surface area contributed by atoms with Crippen LogP contribution in [0, 0.1) is 5.82 Å². The van der Waals surface area contributed by atoms with Crippen molar-refractivity contribution < 1.29 is 13.9 Å². The summed E-state index contributed by atoms with van der Waals surface area (Å²) >= 11 is 0. The number of rotatable bonds is 1. The number of fused-ring (bicyclic) bond motifs is 1. The maximum absolute atomic E-state index is 13.5. The van der Waals surface area contributed by atoms with Gasteiger partial charge in [0.25, 0.3) is 0 Å². The fourth-order valence-corrected chi connectivity index (χ4v) is 1.73. The first kappa shape index (κ1) is 10.1. The summed E-state index contributed by atoms with van der Waals surface area (Å²) < 4.78 is 18.6. The second kappa shape index (κ2) is 3.31. The quantitative estimate of drug-likeness (QED) is 0.708. The fourth-order valence-electron chi connectivity index (χ4n) is 1.73. The number of carbonyl (C=O) groups excluding carboxylic acids is 1. The Labute approximate surface area is 87.0 Å². The summed E-state index contributed by atoms with van der Waals surface area (Å²) in [5.74, 6) is -0.868. The molecule has 2 N–H and O–H groups in total. The van der Waals surface area contributed by atoms with E-state index in [4.69, 9.17) is 10.5 Å². The molecule has 2 rings (SSSR count). The normalized spacial score (nSPS) is 24.6. The van der Waals surface area contributed by atoms with Gasteiger partial charge < -0.3 is 10.5 Å². The van der Waals surface area contributed by atoms with Crippen LogP contribution in [0.5, 0.6) is 0 Å². The predicted octanol–water partition coefficient (Wildman–Crippen LogP) is 1.26. The molecule has 1 atom stereocenters. The first-order chi connectivity index (χ1) is 7.06. The largest absolute Gasteiger partial charge is 0.454 e. The summed E-state index contributed by atoms with van der Waals surface area (Å²) in [4.78, 5) is 11.6. The molecule has 0 saturated heterocycles. The van der Waals surface area contributed by atoms with Gasteiger partial charge in [0.1, 0.15) is 11.4 Å². The third-order valence-corrected chi connectivity index (χ3v) is 2.66. The van der Waals surface area contributed by atoms with Crippen molar-refractivity contribution in [3.63, 3.8) is 0 Å². The monoisotopic (exact) mass is 209 g/mol.